The number of aromatic nitrogens is 2. The number of benzene rings is 1. The summed E-state index contributed by atoms with van der Waals surface area (Å²) in [7, 11) is 0. The van der Waals surface area contributed by atoms with Crippen LogP contribution in [0.2, 0.25) is 0 Å². The normalized spacial score (nSPS) is 10.2. The molecule has 1 aromatic heterocycles. The monoisotopic (exact) mass is 235 g/mol. The Morgan fingerprint density at radius 3 is 2.76 bits per heavy atom. The first-order chi connectivity index (χ1) is 8.13. The number of amides is 1. The first-order valence-corrected chi connectivity index (χ1v) is 4.95. The maximum atomic E-state index is 12.8. The second kappa shape index (κ2) is 4.65. The Hall–Kier alpha value is -2.37. The van der Waals surface area contributed by atoms with Gasteiger partial charge in [-0.25, -0.2) is 4.39 Å². The fourth-order valence-electron chi connectivity index (χ4n) is 1.41. The van der Waals surface area contributed by atoms with Crippen LogP contribution in [0.25, 0.3) is 0 Å². The molecule has 0 saturated heterocycles. The van der Waals surface area contributed by atoms with Crippen LogP contribution in [0.1, 0.15) is 5.69 Å². The van der Waals surface area contributed by atoms with Gasteiger partial charge >= 0.3 is 0 Å². The van der Waals surface area contributed by atoms with E-state index in [0.717, 1.165) is 0 Å². The van der Waals surface area contributed by atoms with Crippen LogP contribution in [0.15, 0.2) is 35.1 Å². The summed E-state index contributed by atoms with van der Waals surface area (Å²) in [5.41, 5.74) is 0.565. The van der Waals surface area contributed by atoms with Crippen molar-refractivity contribution in [2.45, 2.75) is 6.42 Å². The minimum Gasteiger partial charge on any atom is -0.326 e. The number of hydrogen-bond acceptors (Lipinski definition) is 2. The second-order valence-corrected chi connectivity index (χ2v) is 3.52. The van der Waals surface area contributed by atoms with Gasteiger partial charge in [0.2, 0.25) is 5.91 Å². The Balaban J connectivity index is 2.00. The number of H-pyrrole nitrogens is 2. The van der Waals surface area contributed by atoms with E-state index in [0.29, 0.717) is 11.4 Å². The summed E-state index contributed by atoms with van der Waals surface area (Å²) < 4.78 is 12.8. The first-order valence-electron chi connectivity index (χ1n) is 4.95. The van der Waals surface area contributed by atoms with E-state index in [-0.39, 0.29) is 17.9 Å². The lowest BCUT2D eigenvalue weighted by atomic mass is 10.2. The van der Waals surface area contributed by atoms with Crippen LogP contribution in [-0.2, 0) is 11.2 Å². The average Bonchev–Trinajstić information content (AvgIpc) is 2.63. The summed E-state index contributed by atoms with van der Waals surface area (Å²) in [6.07, 6.45) is 0.0231. The fourth-order valence-corrected chi connectivity index (χ4v) is 1.41. The molecule has 0 radical (unpaired) electrons. The molecule has 5 nitrogen and oxygen atoms in total. The SMILES string of the molecule is O=C(Cc1cc(=O)[nH][nH]1)Nc1cccc(F)c1. The van der Waals surface area contributed by atoms with Crippen molar-refractivity contribution in [2.75, 3.05) is 5.32 Å². The molecule has 0 saturated carbocycles. The highest BCUT2D eigenvalue weighted by Crippen LogP contribution is 2.09. The molecule has 0 spiro atoms. The van der Waals surface area contributed by atoms with Gasteiger partial charge < -0.3 is 10.4 Å². The Bertz CT molecular complexity index is 588. The van der Waals surface area contributed by atoms with Gasteiger partial charge in [0.05, 0.1) is 6.42 Å². The number of halogens is 1. The lowest BCUT2D eigenvalue weighted by Crippen LogP contribution is -2.14. The van der Waals surface area contributed by atoms with Crippen molar-refractivity contribution in [3.63, 3.8) is 0 Å². The van der Waals surface area contributed by atoms with Gasteiger partial charge in [0.25, 0.3) is 5.56 Å². The largest absolute Gasteiger partial charge is 0.326 e. The second-order valence-electron chi connectivity index (χ2n) is 3.52. The molecule has 0 aliphatic rings. The van der Waals surface area contributed by atoms with Crippen LogP contribution in [0.3, 0.4) is 0 Å². The number of hydrogen-bond donors (Lipinski definition) is 3. The molecule has 1 heterocycles. The molecule has 0 aliphatic heterocycles. The molecule has 0 aliphatic carbocycles. The summed E-state index contributed by atoms with van der Waals surface area (Å²) >= 11 is 0. The van der Waals surface area contributed by atoms with Crippen molar-refractivity contribution in [1.82, 2.24) is 10.2 Å². The van der Waals surface area contributed by atoms with E-state index in [4.69, 9.17) is 0 Å². The summed E-state index contributed by atoms with van der Waals surface area (Å²) in [5.74, 6) is -0.747. The standard InChI is InChI=1S/C11H10FN3O2/c12-7-2-1-3-8(4-7)13-10(16)5-9-6-11(17)15-14-9/h1-4,6H,5H2,(H,13,16)(H2,14,15,17). The third kappa shape index (κ3) is 3.04. The van der Waals surface area contributed by atoms with E-state index in [9.17, 15) is 14.0 Å². The van der Waals surface area contributed by atoms with Crippen molar-refractivity contribution in [3.8, 4) is 0 Å². The van der Waals surface area contributed by atoms with Crippen LogP contribution >= 0.6 is 0 Å². The minimum absolute atomic E-state index is 0.0231. The summed E-state index contributed by atoms with van der Waals surface area (Å²) in [4.78, 5) is 22.3. The molecule has 2 aromatic rings. The Morgan fingerprint density at radius 1 is 1.29 bits per heavy atom. The number of carbonyl (C=O) groups is 1. The van der Waals surface area contributed by atoms with E-state index >= 15 is 0 Å². The third-order valence-corrected chi connectivity index (χ3v) is 2.11. The van der Waals surface area contributed by atoms with Crippen molar-refractivity contribution < 1.29 is 9.18 Å². The lowest BCUT2D eigenvalue weighted by Gasteiger charge is -2.03. The Morgan fingerprint density at radius 2 is 2.12 bits per heavy atom. The number of carbonyl (C=O) groups excluding carboxylic acids is 1. The van der Waals surface area contributed by atoms with Crippen molar-refractivity contribution >= 4 is 11.6 Å². The van der Waals surface area contributed by atoms with Gasteiger partial charge in [-0.05, 0) is 18.2 Å². The highest BCUT2D eigenvalue weighted by atomic mass is 19.1. The van der Waals surface area contributed by atoms with Crippen LogP contribution < -0.4 is 10.9 Å². The zero-order valence-corrected chi connectivity index (χ0v) is 8.79. The van der Waals surface area contributed by atoms with Gasteiger partial charge in [0, 0.05) is 17.4 Å². The van der Waals surface area contributed by atoms with Gasteiger partial charge in [0.15, 0.2) is 0 Å². The predicted molar refractivity (Wildman–Crippen MR) is 60.1 cm³/mol. The quantitative estimate of drug-likeness (QED) is 0.742. The van der Waals surface area contributed by atoms with Crippen molar-refractivity contribution in [3.05, 3.63) is 52.2 Å². The number of rotatable bonds is 3. The van der Waals surface area contributed by atoms with Crippen LogP contribution in [0.5, 0.6) is 0 Å². The van der Waals surface area contributed by atoms with E-state index in [1.54, 1.807) is 6.07 Å². The van der Waals surface area contributed by atoms with Crippen LogP contribution in [0, 0.1) is 5.82 Å². The molecule has 2 rings (SSSR count). The average molecular weight is 235 g/mol. The zero-order chi connectivity index (χ0) is 12.3. The Kier molecular flexibility index (Phi) is 3.04. The maximum absolute atomic E-state index is 12.8. The highest BCUT2D eigenvalue weighted by molar-refractivity contribution is 5.91. The number of anilines is 1. The highest BCUT2D eigenvalue weighted by Gasteiger charge is 2.06. The van der Waals surface area contributed by atoms with Gasteiger partial charge in [-0.2, -0.15) is 0 Å². The van der Waals surface area contributed by atoms with Crippen molar-refractivity contribution in [2.24, 2.45) is 0 Å². The van der Waals surface area contributed by atoms with Crippen LogP contribution in [0.4, 0.5) is 10.1 Å². The molecule has 0 fully saturated rings. The summed E-state index contributed by atoms with van der Waals surface area (Å²) in [5, 5.41) is 7.41. The van der Waals surface area contributed by atoms with Gasteiger partial charge in [-0.15, -0.1) is 0 Å². The van der Waals surface area contributed by atoms with Gasteiger partial charge in [-0.1, -0.05) is 6.07 Å². The summed E-state index contributed by atoms with van der Waals surface area (Å²) in [6.45, 7) is 0. The smallest absolute Gasteiger partial charge is 0.264 e. The van der Waals surface area contributed by atoms with Crippen LogP contribution in [-0.4, -0.2) is 16.1 Å². The first kappa shape index (κ1) is 11.1. The third-order valence-electron chi connectivity index (χ3n) is 2.11. The molecule has 0 bridgehead atoms. The molecule has 0 unspecified atom stereocenters. The van der Waals surface area contributed by atoms with E-state index in [2.05, 4.69) is 15.5 Å². The summed E-state index contributed by atoms with van der Waals surface area (Å²) in [6, 6.07) is 6.90. The van der Waals surface area contributed by atoms with Gasteiger partial charge in [0.1, 0.15) is 5.82 Å². The topological polar surface area (TPSA) is 77.8 Å². The fraction of sp³-hybridized carbons (Fsp3) is 0.0909. The molecule has 6 heteroatoms. The molecule has 1 aromatic carbocycles. The van der Waals surface area contributed by atoms with E-state index < -0.39 is 5.82 Å². The molecular formula is C11H10FN3O2. The molecule has 3 N–H and O–H groups in total. The maximum Gasteiger partial charge on any atom is 0.264 e. The van der Waals surface area contributed by atoms with Crippen molar-refractivity contribution in [1.29, 1.82) is 0 Å². The number of nitrogens with one attached hydrogen (secondary N) is 3. The zero-order valence-electron chi connectivity index (χ0n) is 8.79. The molecular weight excluding hydrogens is 225 g/mol. The lowest BCUT2D eigenvalue weighted by molar-refractivity contribution is -0.115. The Labute approximate surface area is 95.7 Å². The molecule has 17 heavy (non-hydrogen) atoms. The molecule has 1 amide bonds. The minimum atomic E-state index is -0.419. The van der Waals surface area contributed by atoms with E-state index in [1.807, 2.05) is 0 Å². The predicted octanol–water partition coefficient (Wildman–Crippen LogP) is 1.02. The molecule has 88 valence electrons. The van der Waals surface area contributed by atoms with E-state index in [1.165, 1.54) is 24.3 Å². The molecule has 0 atom stereocenters. The number of aromatic amines is 2. The van der Waals surface area contributed by atoms with Gasteiger partial charge in [-0.3, -0.25) is 14.7 Å².